The van der Waals surface area contributed by atoms with Gasteiger partial charge in [0, 0.05) is 12.7 Å². The van der Waals surface area contributed by atoms with Crippen molar-refractivity contribution in [2.75, 3.05) is 20.2 Å². The molecule has 1 saturated heterocycles. The topological polar surface area (TPSA) is 143 Å². The predicted octanol–water partition coefficient (Wildman–Crippen LogP) is -1.13. The minimum atomic E-state index is -4.81. The van der Waals surface area contributed by atoms with Crippen LogP contribution in [-0.2, 0) is 19.5 Å². The van der Waals surface area contributed by atoms with Crippen molar-refractivity contribution >= 4 is 28.0 Å². The summed E-state index contributed by atoms with van der Waals surface area (Å²) >= 11 is 0. The maximum Gasteiger partial charge on any atom is 0.418 e. The number of nitrogens with one attached hydrogen (secondary N) is 1. The van der Waals surface area contributed by atoms with Gasteiger partial charge < -0.3 is 4.90 Å². The van der Waals surface area contributed by atoms with E-state index in [4.69, 9.17) is 4.55 Å². The van der Waals surface area contributed by atoms with Gasteiger partial charge in [0.25, 0.3) is 5.91 Å². The van der Waals surface area contributed by atoms with Gasteiger partial charge in [0.15, 0.2) is 5.69 Å². The molecule has 0 radical (unpaired) electrons. The number of rotatable bonds is 5. The van der Waals surface area contributed by atoms with Crippen molar-refractivity contribution in [3.8, 4) is 0 Å². The lowest BCUT2D eigenvalue weighted by Gasteiger charge is -2.20. The van der Waals surface area contributed by atoms with Gasteiger partial charge in [0.1, 0.15) is 6.04 Å². The monoisotopic (exact) mass is 359 g/mol. The van der Waals surface area contributed by atoms with Gasteiger partial charge in [-0.05, 0) is 12.1 Å². The van der Waals surface area contributed by atoms with E-state index in [1.54, 1.807) is 6.08 Å². The Morgan fingerprint density at radius 3 is 2.92 bits per heavy atom. The molecule has 3 amide bonds. The van der Waals surface area contributed by atoms with E-state index in [-0.39, 0.29) is 18.8 Å². The van der Waals surface area contributed by atoms with Crippen LogP contribution in [0.15, 0.2) is 18.3 Å². The second-order valence-corrected chi connectivity index (χ2v) is 6.00. The fraction of sp³-hybridized carbons (Fsp3) is 0.364. The number of hydrogen-bond donors (Lipinski definition) is 2. The van der Waals surface area contributed by atoms with Gasteiger partial charge in [-0.3, -0.25) is 14.2 Å². The first-order chi connectivity index (χ1) is 11.3. The first kappa shape index (κ1) is 16.4. The van der Waals surface area contributed by atoms with Crippen LogP contribution in [0.5, 0.6) is 0 Å². The Bertz CT molecular complexity index is 816. The van der Waals surface area contributed by atoms with Crippen molar-refractivity contribution in [3.63, 3.8) is 0 Å². The lowest BCUT2D eigenvalue weighted by Crippen LogP contribution is -2.35. The van der Waals surface area contributed by atoms with Crippen LogP contribution >= 0.6 is 0 Å². The lowest BCUT2D eigenvalue weighted by atomic mass is 10.2. The summed E-state index contributed by atoms with van der Waals surface area (Å²) in [6, 6.07) is 0.0342. The number of carbonyl (C=O) groups is 2. The molecule has 3 rings (SSSR count). The maximum atomic E-state index is 12.0. The molecule has 0 aromatic carbocycles. The minimum absolute atomic E-state index is 0.100. The van der Waals surface area contributed by atoms with E-state index in [1.165, 1.54) is 29.0 Å². The van der Waals surface area contributed by atoms with Crippen molar-refractivity contribution in [2.24, 2.45) is 0 Å². The summed E-state index contributed by atoms with van der Waals surface area (Å²) in [5.74, 6) is -0.539. The molecule has 1 aromatic heterocycles. The summed E-state index contributed by atoms with van der Waals surface area (Å²) in [5.41, 5.74) is 2.77. The molecular formula is C11H13N5O7S. The summed E-state index contributed by atoms with van der Waals surface area (Å²) in [5, 5.41) is 4.64. The van der Waals surface area contributed by atoms with Gasteiger partial charge >= 0.3 is 16.4 Å². The zero-order valence-corrected chi connectivity index (χ0v) is 13.1. The van der Waals surface area contributed by atoms with Gasteiger partial charge in [0.05, 0.1) is 19.4 Å². The van der Waals surface area contributed by atoms with E-state index >= 15 is 0 Å². The van der Waals surface area contributed by atoms with Gasteiger partial charge in [0.2, 0.25) is 0 Å². The quantitative estimate of drug-likeness (QED) is 0.496. The van der Waals surface area contributed by atoms with E-state index in [9.17, 15) is 18.0 Å². The average molecular weight is 359 g/mol. The number of aromatic nitrogens is 2. The molecule has 0 saturated carbocycles. The molecule has 0 spiro atoms. The van der Waals surface area contributed by atoms with Crippen molar-refractivity contribution in [1.29, 1.82) is 0 Å². The molecule has 3 heterocycles. The third-order valence-electron chi connectivity index (χ3n) is 3.39. The highest BCUT2D eigenvalue weighted by molar-refractivity contribution is 7.80. The zero-order valence-electron chi connectivity index (χ0n) is 12.3. The number of carbonyl (C=O) groups excluding carboxylic acids is 2. The summed E-state index contributed by atoms with van der Waals surface area (Å²) < 4.78 is 36.1. The van der Waals surface area contributed by atoms with Crippen LogP contribution in [0.1, 0.15) is 10.5 Å². The van der Waals surface area contributed by atoms with Crippen molar-refractivity contribution < 1.29 is 31.7 Å². The van der Waals surface area contributed by atoms with E-state index < -0.39 is 28.4 Å². The fourth-order valence-corrected chi connectivity index (χ4v) is 2.85. The van der Waals surface area contributed by atoms with Gasteiger partial charge in [-0.15, -0.1) is 4.28 Å². The number of urea groups is 1. The first-order valence-corrected chi connectivity index (χ1v) is 8.00. The number of hydrogen-bond acceptors (Lipinski definition) is 7. The number of hydroxylamine groups is 3. The Morgan fingerprint density at radius 2 is 2.25 bits per heavy atom. The van der Waals surface area contributed by atoms with Crippen LogP contribution < -0.4 is 5.48 Å². The molecule has 1 fully saturated rings. The molecule has 130 valence electrons. The molecule has 1 aromatic rings. The molecule has 2 aliphatic heterocycles. The molecule has 13 heteroatoms. The molecule has 0 aliphatic carbocycles. The largest absolute Gasteiger partial charge is 0.418 e. The standard InChI is InChI=1S/C11H13N5O7S/c1-22-13-10(17)9-2-3-15(12-9)7-4-8-6-14(5-7)11(18)16(8)23-24(19,20)21/h2-4,8H,5-6H2,1H3,(H,13,17)(H,19,20,21). The summed E-state index contributed by atoms with van der Waals surface area (Å²) in [6.07, 6.45) is 3.08. The molecule has 2 bridgehead atoms. The van der Waals surface area contributed by atoms with E-state index in [1.807, 2.05) is 0 Å². The average Bonchev–Trinajstić information content (AvgIpc) is 3.07. The van der Waals surface area contributed by atoms with E-state index in [0.717, 1.165) is 0 Å². The number of nitrogens with zero attached hydrogens (tertiary/aromatic N) is 4. The van der Waals surface area contributed by atoms with Crippen LogP contribution in [0.25, 0.3) is 5.70 Å². The van der Waals surface area contributed by atoms with Crippen LogP contribution in [0.3, 0.4) is 0 Å². The zero-order chi connectivity index (χ0) is 17.5. The third-order valence-corrected chi connectivity index (χ3v) is 3.74. The Morgan fingerprint density at radius 1 is 1.50 bits per heavy atom. The van der Waals surface area contributed by atoms with Crippen molar-refractivity contribution in [2.45, 2.75) is 6.04 Å². The normalized spacial score (nSPS) is 20.3. The molecule has 24 heavy (non-hydrogen) atoms. The van der Waals surface area contributed by atoms with Gasteiger partial charge in [-0.2, -0.15) is 18.6 Å². The summed E-state index contributed by atoms with van der Waals surface area (Å²) in [6.45, 7) is 0.337. The number of fused-ring (bicyclic) bond motifs is 2. The first-order valence-electron chi connectivity index (χ1n) is 6.63. The van der Waals surface area contributed by atoms with E-state index in [2.05, 4.69) is 19.7 Å². The Balaban J connectivity index is 1.83. The van der Waals surface area contributed by atoms with Crippen LogP contribution in [0, 0.1) is 0 Å². The maximum absolute atomic E-state index is 12.0. The summed E-state index contributed by atoms with van der Waals surface area (Å²) in [4.78, 5) is 29.5. The SMILES string of the molecule is CONC(=O)c1ccn(C2=CC3CN(C2)C(=O)N3OS(=O)(=O)O)n1. The van der Waals surface area contributed by atoms with Gasteiger partial charge in [-0.25, -0.2) is 15.0 Å². The van der Waals surface area contributed by atoms with Crippen molar-refractivity contribution in [3.05, 3.63) is 24.0 Å². The van der Waals surface area contributed by atoms with E-state index in [0.29, 0.717) is 10.8 Å². The van der Waals surface area contributed by atoms with Crippen LogP contribution in [0.2, 0.25) is 0 Å². The predicted molar refractivity (Wildman–Crippen MR) is 76.2 cm³/mol. The minimum Gasteiger partial charge on any atom is -0.314 e. The number of amides is 3. The molecule has 2 N–H and O–H groups in total. The molecular weight excluding hydrogens is 346 g/mol. The Kier molecular flexibility index (Phi) is 4.00. The second-order valence-electron chi connectivity index (χ2n) is 5.00. The van der Waals surface area contributed by atoms with Crippen LogP contribution in [0.4, 0.5) is 4.79 Å². The molecule has 1 unspecified atom stereocenters. The Labute approximate surface area is 136 Å². The lowest BCUT2D eigenvalue weighted by molar-refractivity contribution is -0.0183. The summed E-state index contributed by atoms with van der Waals surface area (Å²) in [7, 11) is -3.52. The molecule has 12 nitrogen and oxygen atoms in total. The molecule has 2 aliphatic rings. The molecule has 1 atom stereocenters. The highest BCUT2D eigenvalue weighted by atomic mass is 32.3. The third kappa shape index (κ3) is 3.09. The highest BCUT2D eigenvalue weighted by Crippen LogP contribution is 2.27. The van der Waals surface area contributed by atoms with Gasteiger partial charge in [-0.1, -0.05) is 0 Å². The van der Waals surface area contributed by atoms with Crippen molar-refractivity contribution in [1.82, 2.24) is 25.2 Å². The Hall–Kier alpha value is -2.48. The van der Waals surface area contributed by atoms with Crippen LogP contribution in [-0.4, -0.2) is 70.9 Å². The smallest absolute Gasteiger partial charge is 0.314 e. The second kappa shape index (κ2) is 5.86. The highest BCUT2D eigenvalue weighted by Gasteiger charge is 2.43. The fourth-order valence-electron chi connectivity index (χ4n) is 2.47.